The first-order valence-corrected chi connectivity index (χ1v) is 10.6. The van der Waals surface area contributed by atoms with Gasteiger partial charge in [0.05, 0.1) is 17.0 Å². The van der Waals surface area contributed by atoms with Gasteiger partial charge in [-0.25, -0.2) is 9.97 Å². The Kier molecular flexibility index (Phi) is 4.61. The Balaban J connectivity index is 1.46. The van der Waals surface area contributed by atoms with Crippen LogP contribution in [0.25, 0.3) is 11.0 Å². The van der Waals surface area contributed by atoms with Gasteiger partial charge in [0.1, 0.15) is 0 Å². The smallest absolute Gasteiger partial charge is 0.233 e. The Morgan fingerprint density at radius 1 is 0.968 bits per heavy atom. The molecular formula is C24H25N5O2. The summed E-state index contributed by atoms with van der Waals surface area (Å²) < 4.78 is 0. The highest BCUT2D eigenvalue weighted by molar-refractivity contribution is 6.06. The SMILES string of the molecule is Cc1cccc(N2C[C@@H](C(=O)N3CCN(C)c4nc5ccccc5nc43)CC2=O)c1C. The van der Waals surface area contributed by atoms with Crippen LogP contribution in [0.15, 0.2) is 42.5 Å². The van der Waals surface area contributed by atoms with Crippen LogP contribution in [0, 0.1) is 19.8 Å². The zero-order valence-corrected chi connectivity index (χ0v) is 18.0. The number of hydrogen-bond acceptors (Lipinski definition) is 5. The number of benzene rings is 2. The lowest BCUT2D eigenvalue weighted by Crippen LogP contribution is -2.46. The molecule has 158 valence electrons. The Bertz CT molecular complexity index is 1210. The summed E-state index contributed by atoms with van der Waals surface area (Å²) >= 11 is 0. The van der Waals surface area contributed by atoms with Crippen molar-refractivity contribution in [1.29, 1.82) is 0 Å². The van der Waals surface area contributed by atoms with Crippen molar-refractivity contribution >= 4 is 40.2 Å². The van der Waals surface area contributed by atoms with Crippen molar-refractivity contribution in [3.63, 3.8) is 0 Å². The van der Waals surface area contributed by atoms with Crippen LogP contribution in [-0.2, 0) is 9.59 Å². The second-order valence-electron chi connectivity index (χ2n) is 8.40. The molecule has 2 aromatic carbocycles. The predicted molar refractivity (Wildman–Crippen MR) is 122 cm³/mol. The Hall–Kier alpha value is -3.48. The van der Waals surface area contributed by atoms with Crippen molar-refractivity contribution in [2.45, 2.75) is 20.3 Å². The largest absolute Gasteiger partial charge is 0.355 e. The molecule has 31 heavy (non-hydrogen) atoms. The van der Waals surface area contributed by atoms with Gasteiger partial charge in [-0.05, 0) is 43.2 Å². The average Bonchev–Trinajstić information content (AvgIpc) is 3.16. The van der Waals surface area contributed by atoms with E-state index < -0.39 is 5.92 Å². The molecule has 5 rings (SSSR count). The molecule has 1 saturated heterocycles. The van der Waals surface area contributed by atoms with E-state index in [1.165, 1.54) is 0 Å². The van der Waals surface area contributed by atoms with Gasteiger partial charge in [0.15, 0.2) is 11.6 Å². The fourth-order valence-electron chi connectivity index (χ4n) is 4.45. The van der Waals surface area contributed by atoms with Crippen LogP contribution < -0.4 is 14.7 Å². The highest BCUT2D eigenvalue weighted by Crippen LogP contribution is 2.34. The van der Waals surface area contributed by atoms with Crippen molar-refractivity contribution in [1.82, 2.24) is 9.97 Å². The van der Waals surface area contributed by atoms with Gasteiger partial charge >= 0.3 is 0 Å². The minimum Gasteiger partial charge on any atom is -0.355 e. The van der Waals surface area contributed by atoms with Gasteiger partial charge in [-0.3, -0.25) is 14.5 Å². The number of carbonyl (C=O) groups excluding carboxylic acids is 2. The first-order chi connectivity index (χ1) is 14.9. The molecule has 0 N–H and O–H groups in total. The van der Waals surface area contributed by atoms with E-state index >= 15 is 0 Å². The van der Waals surface area contributed by atoms with Crippen LogP contribution in [0.3, 0.4) is 0 Å². The molecule has 7 heteroatoms. The number of anilines is 3. The molecule has 2 aliphatic heterocycles. The molecule has 0 spiro atoms. The van der Waals surface area contributed by atoms with Crippen LogP contribution in [0.5, 0.6) is 0 Å². The van der Waals surface area contributed by atoms with E-state index in [9.17, 15) is 9.59 Å². The minimum absolute atomic E-state index is 0.00834. The van der Waals surface area contributed by atoms with Crippen molar-refractivity contribution in [3.8, 4) is 0 Å². The van der Waals surface area contributed by atoms with Crippen molar-refractivity contribution in [3.05, 3.63) is 53.6 Å². The van der Waals surface area contributed by atoms with E-state index in [-0.39, 0.29) is 18.2 Å². The molecule has 0 radical (unpaired) electrons. The molecular weight excluding hydrogens is 390 g/mol. The average molecular weight is 415 g/mol. The highest BCUT2D eigenvalue weighted by atomic mass is 16.2. The van der Waals surface area contributed by atoms with E-state index in [1.807, 2.05) is 68.3 Å². The van der Waals surface area contributed by atoms with Crippen LogP contribution in [0.2, 0.25) is 0 Å². The standard InChI is InChI=1S/C24H25N5O2/c1-15-7-6-10-20(16(15)2)29-14-17(13-21(29)30)24(31)28-12-11-27(3)22-23(28)26-19-9-5-4-8-18(19)25-22/h4-10,17H,11-14H2,1-3H3/t17-/m0/s1. The van der Waals surface area contributed by atoms with E-state index in [0.29, 0.717) is 31.3 Å². The summed E-state index contributed by atoms with van der Waals surface area (Å²) in [6, 6.07) is 13.6. The Morgan fingerprint density at radius 2 is 1.68 bits per heavy atom. The van der Waals surface area contributed by atoms with Gasteiger partial charge < -0.3 is 9.80 Å². The van der Waals surface area contributed by atoms with Crippen molar-refractivity contribution in [2.75, 3.05) is 41.4 Å². The van der Waals surface area contributed by atoms with Crippen molar-refractivity contribution in [2.24, 2.45) is 5.92 Å². The van der Waals surface area contributed by atoms with E-state index in [1.54, 1.807) is 9.80 Å². The van der Waals surface area contributed by atoms with E-state index in [2.05, 4.69) is 0 Å². The number of nitrogens with zero attached hydrogens (tertiary/aromatic N) is 5. The van der Waals surface area contributed by atoms with Crippen molar-refractivity contribution < 1.29 is 9.59 Å². The molecule has 0 saturated carbocycles. The van der Waals surface area contributed by atoms with Crippen LogP contribution in [0.4, 0.5) is 17.3 Å². The predicted octanol–water partition coefficient (Wildman–Crippen LogP) is 3.08. The zero-order valence-electron chi connectivity index (χ0n) is 18.0. The second kappa shape index (κ2) is 7.34. The van der Waals surface area contributed by atoms with Crippen LogP contribution in [-0.4, -0.2) is 48.5 Å². The topological polar surface area (TPSA) is 69.6 Å². The molecule has 1 atom stereocenters. The number of hydrogen-bond donors (Lipinski definition) is 0. The van der Waals surface area contributed by atoms with Gasteiger partial charge in [0.2, 0.25) is 11.8 Å². The molecule has 0 bridgehead atoms. The molecule has 0 unspecified atom stereocenters. The fraction of sp³-hybridized carbons (Fsp3) is 0.333. The number of carbonyl (C=O) groups is 2. The number of para-hydroxylation sites is 2. The van der Waals surface area contributed by atoms with E-state index in [4.69, 9.17) is 9.97 Å². The summed E-state index contributed by atoms with van der Waals surface area (Å²) in [6.45, 7) is 5.65. The molecule has 1 fully saturated rings. The Morgan fingerprint density at radius 3 is 2.42 bits per heavy atom. The summed E-state index contributed by atoms with van der Waals surface area (Å²) in [6.07, 6.45) is 0.217. The summed E-state index contributed by atoms with van der Waals surface area (Å²) in [5.41, 5.74) is 4.67. The summed E-state index contributed by atoms with van der Waals surface area (Å²) in [5, 5.41) is 0. The molecule has 3 aromatic rings. The number of aromatic nitrogens is 2. The normalized spacial score (nSPS) is 18.6. The lowest BCUT2D eigenvalue weighted by atomic mass is 10.1. The first-order valence-electron chi connectivity index (χ1n) is 10.6. The monoisotopic (exact) mass is 415 g/mol. The van der Waals surface area contributed by atoms with Gasteiger partial charge in [0, 0.05) is 38.8 Å². The third kappa shape index (κ3) is 3.21. The Labute approximate surface area is 181 Å². The molecule has 1 aromatic heterocycles. The summed E-state index contributed by atoms with van der Waals surface area (Å²) in [4.78, 5) is 41.4. The van der Waals surface area contributed by atoms with Gasteiger partial charge in [-0.15, -0.1) is 0 Å². The van der Waals surface area contributed by atoms with Gasteiger partial charge in [-0.1, -0.05) is 24.3 Å². The second-order valence-corrected chi connectivity index (χ2v) is 8.40. The fourth-order valence-corrected chi connectivity index (χ4v) is 4.45. The lowest BCUT2D eigenvalue weighted by molar-refractivity contribution is -0.124. The molecule has 3 heterocycles. The maximum Gasteiger partial charge on any atom is 0.233 e. The molecule has 7 nitrogen and oxygen atoms in total. The van der Waals surface area contributed by atoms with Gasteiger partial charge in [0.25, 0.3) is 0 Å². The minimum atomic E-state index is -0.392. The molecule has 2 aliphatic rings. The van der Waals surface area contributed by atoms with Gasteiger partial charge in [-0.2, -0.15) is 0 Å². The van der Waals surface area contributed by atoms with Crippen LogP contribution >= 0.6 is 0 Å². The maximum absolute atomic E-state index is 13.5. The van der Waals surface area contributed by atoms with E-state index in [0.717, 1.165) is 27.8 Å². The summed E-state index contributed by atoms with van der Waals surface area (Å²) in [7, 11) is 1.96. The number of likely N-dealkylation sites (N-methyl/N-ethyl adjacent to an activating group) is 1. The highest BCUT2D eigenvalue weighted by Gasteiger charge is 2.40. The maximum atomic E-state index is 13.5. The molecule has 2 amide bonds. The summed E-state index contributed by atoms with van der Waals surface area (Å²) in [5.74, 6) is 0.826. The number of aryl methyl sites for hydroxylation is 1. The lowest BCUT2D eigenvalue weighted by Gasteiger charge is -2.34. The quantitative estimate of drug-likeness (QED) is 0.643. The number of amides is 2. The first kappa shape index (κ1) is 19.5. The third-order valence-electron chi connectivity index (χ3n) is 6.42. The van der Waals surface area contributed by atoms with Crippen LogP contribution in [0.1, 0.15) is 17.5 Å². The number of rotatable bonds is 2. The third-order valence-corrected chi connectivity index (χ3v) is 6.42. The number of fused-ring (bicyclic) bond motifs is 2. The molecule has 0 aliphatic carbocycles. The zero-order chi connectivity index (χ0) is 21.7.